The second-order valence-electron chi connectivity index (χ2n) is 7.64. The van der Waals surface area contributed by atoms with Crippen molar-refractivity contribution in [2.75, 3.05) is 33.3 Å². The van der Waals surface area contributed by atoms with Crippen LogP contribution in [0.1, 0.15) is 42.7 Å². The number of aryl methyl sites for hydroxylation is 1. The number of likely N-dealkylation sites (N-methyl/N-ethyl adjacent to an activating group) is 1. The van der Waals surface area contributed by atoms with E-state index in [-0.39, 0.29) is 23.3 Å². The molecule has 1 aliphatic carbocycles. The molecular formula is C20H26N2O3. The van der Waals surface area contributed by atoms with E-state index in [2.05, 4.69) is 12.1 Å². The number of likely N-dealkylation sites (tertiary alicyclic amines) is 1. The second kappa shape index (κ2) is 6.45. The van der Waals surface area contributed by atoms with Gasteiger partial charge < -0.3 is 14.5 Å². The van der Waals surface area contributed by atoms with E-state index >= 15 is 0 Å². The van der Waals surface area contributed by atoms with Gasteiger partial charge in [0.05, 0.1) is 24.5 Å². The van der Waals surface area contributed by atoms with Gasteiger partial charge in [-0.2, -0.15) is 0 Å². The molecule has 3 aliphatic rings. The minimum absolute atomic E-state index is 0.00747. The Morgan fingerprint density at radius 2 is 1.96 bits per heavy atom. The minimum atomic E-state index is -0.369. The molecule has 2 saturated heterocycles. The van der Waals surface area contributed by atoms with Gasteiger partial charge in [0.2, 0.25) is 11.8 Å². The molecule has 1 atom stereocenters. The van der Waals surface area contributed by atoms with Crippen molar-refractivity contribution in [3.8, 4) is 0 Å². The predicted molar refractivity (Wildman–Crippen MR) is 94.3 cm³/mol. The number of hydrogen-bond donors (Lipinski definition) is 0. The number of carbonyl (C=O) groups is 2. The molecule has 0 bridgehead atoms. The first kappa shape index (κ1) is 16.6. The van der Waals surface area contributed by atoms with Crippen molar-refractivity contribution in [1.82, 2.24) is 9.80 Å². The van der Waals surface area contributed by atoms with Gasteiger partial charge in [-0.3, -0.25) is 9.59 Å². The zero-order valence-corrected chi connectivity index (χ0v) is 14.9. The molecule has 1 aromatic rings. The molecule has 5 heteroatoms. The van der Waals surface area contributed by atoms with E-state index in [9.17, 15) is 9.59 Å². The van der Waals surface area contributed by atoms with Gasteiger partial charge in [0.25, 0.3) is 0 Å². The first-order valence-corrected chi connectivity index (χ1v) is 9.32. The zero-order valence-electron chi connectivity index (χ0n) is 14.9. The van der Waals surface area contributed by atoms with E-state index in [1.807, 2.05) is 24.1 Å². The molecule has 1 unspecified atom stereocenters. The number of amides is 2. The molecule has 25 heavy (non-hydrogen) atoms. The number of nitrogens with zero attached hydrogens (tertiary/aromatic N) is 2. The van der Waals surface area contributed by atoms with Gasteiger partial charge in [0, 0.05) is 26.7 Å². The largest absolute Gasteiger partial charge is 0.372 e. The summed E-state index contributed by atoms with van der Waals surface area (Å²) in [4.78, 5) is 29.0. The highest BCUT2D eigenvalue weighted by atomic mass is 16.5. The fourth-order valence-corrected chi connectivity index (χ4v) is 4.48. The molecule has 2 heterocycles. The lowest BCUT2D eigenvalue weighted by molar-refractivity contribution is -0.142. The van der Waals surface area contributed by atoms with Crippen molar-refractivity contribution >= 4 is 11.8 Å². The van der Waals surface area contributed by atoms with Gasteiger partial charge in [-0.05, 0) is 36.8 Å². The maximum Gasteiger partial charge on any atom is 0.230 e. The van der Waals surface area contributed by atoms with E-state index < -0.39 is 0 Å². The molecular weight excluding hydrogens is 316 g/mol. The van der Waals surface area contributed by atoms with Crippen LogP contribution in [-0.2, 0) is 20.7 Å². The lowest BCUT2D eigenvalue weighted by atomic mass is 9.86. The number of carbonyl (C=O) groups excluding carboxylic acids is 2. The van der Waals surface area contributed by atoms with Crippen LogP contribution in [0.15, 0.2) is 24.3 Å². The summed E-state index contributed by atoms with van der Waals surface area (Å²) < 4.78 is 6.08. The van der Waals surface area contributed by atoms with Gasteiger partial charge >= 0.3 is 0 Å². The number of hydrogen-bond acceptors (Lipinski definition) is 3. The third-order valence-corrected chi connectivity index (χ3v) is 6.15. The van der Waals surface area contributed by atoms with Crippen LogP contribution in [0.25, 0.3) is 0 Å². The molecule has 2 fully saturated rings. The van der Waals surface area contributed by atoms with Crippen molar-refractivity contribution in [1.29, 1.82) is 0 Å². The van der Waals surface area contributed by atoms with E-state index in [0.29, 0.717) is 32.7 Å². The summed E-state index contributed by atoms with van der Waals surface area (Å²) in [6.07, 6.45) is 3.87. The summed E-state index contributed by atoms with van der Waals surface area (Å²) in [6.45, 7) is 2.62. The van der Waals surface area contributed by atoms with Crippen LogP contribution >= 0.6 is 0 Å². The smallest absolute Gasteiger partial charge is 0.230 e. The normalized spacial score (nSPS) is 25.8. The molecule has 1 aromatic carbocycles. The third-order valence-electron chi connectivity index (χ3n) is 6.15. The molecule has 0 aromatic heterocycles. The van der Waals surface area contributed by atoms with Gasteiger partial charge in [0.1, 0.15) is 0 Å². The Labute approximate surface area is 148 Å². The van der Waals surface area contributed by atoms with Crippen molar-refractivity contribution < 1.29 is 14.3 Å². The molecule has 5 nitrogen and oxygen atoms in total. The minimum Gasteiger partial charge on any atom is -0.372 e. The van der Waals surface area contributed by atoms with E-state index in [1.54, 1.807) is 4.90 Å². The Hall–Kier alpha value is -1.88. The van der Waals surface area contributed by atoms with Crippen molar-refractivity contribution in [2.24, 2.45) is 0 Å². The summed E-state index contributed by atoms with van der Waals surface area (Å²) >= 11 is 0. The highest BCUT2D eigenvalue weighted by molar-refractivity contribution is 5.85. The van der Waals surface area contributed by atoms with Crippen LogP contribution in [0.3, 0.4) is 0 Å². The molecule has 0 saturated carbocycles. The van der Waals surface area contributed by atoms with Gasteiger partial charge in [0.15, 0.2) is 0 Å². The van der Waals surface area contributed by atoms with Crippen LogP contribution in [0, 0.1) is 0 Å². The number of rotatable bonds is 1. The molecule has 0 radical (unpaired) electrons. The molecule has 1 spiro atoms. The Morgan fingerprint density at radius 3 is 2.76 bits per heavy atom. The monoisotopic (exact) mass is 342 g/mol. The van der Waals surface area contributed by atoms with Crippen molar-refractivity contribution in [3.63, 3.8) is 0 Å². The predicted octanol–water partition coefficient (Wildman–Crippen LogP) is 1.96. The van der Waals surface area contributed by atoms with Crippen LogP contribution in [0.5, 0.6) is 0 Å². The Kier molecular flexibility index (Phi) is 4.28. The average molecular weight is 342 g/mol. The number of ether oxygens (including phenoxy) is 1. The fraction of sp³-hybridized carbons (Fsp3) is 0.600. The SMILES string of the molecule is CN1CCOC2(CCN(C(=O)C3CCc4ccccc43)CC2)CC1=O. The first-order valence-electron chi connectivity index (χ1n) is 9.32. The van der Waals surface area contributed by atoms with Crippen LogP contribution in [0.4, 0.5) is 0 Å². The van der Waals surface area contributed by atoms with Gasteiger partial charge in [-0.25, -0.2) is 0 Å². The third kappa shape index (κ3) is 3.06. The molecule has 0 N–H and O–H groups in total. The standard InChI is InChI=1S/C20H26N2O3/c1-21-12-13-25-20(14-18(21)23)8-10-22(11-9-20)19(24)17-7-6-15-4-2-3-5-16(15)17/h2-5,17H,6-14H2,1H3. The fourth-order valence-electron chi connectivity index (χ4n) is 4.48. The Morgan fingerprint density at radius 1 is 1.20 bits per heavy atom. The van der Waals surface area contributed by atoms with Crippen LogP contribution in [-0.4, -0.2) is 60.5 Å². The summed E-state index contributed by atoms with van der Waals surface area (Å²) in [6, 6.07) is 8.30. The second-order valence-corrected chi connectivity index (χ2v) is 7.64. The van der Waals surface area contributed by atoms with E-state index in [0.717, 1.165) is 25.7 Å². The maximum atomic E-state index is 13.0. The average Bonchev–Trinajstić information content (AvgIpc) is 3.00. The first-order chi connectivity index (χ1) is 12.1. The summed E-state index contributed by atoms with van der Waals surface area (Å²) in [5.74, 6) is 0.409. The number of fused-ring (bicyclic) bond motifs is 1. The van der Waals surface area contributed by atoms with Crippen LogP contribution in [0.2, 0.25) is 0 Å². The summed E-state index contributed by atoms with van der Waals surface area (Å²) in [5, 5.41) is 0. The number of piperidine rings is 1. The molecule has 134 valence electrons. The Bertz CT molecular complexity index is 679. The maximum absolute atomic E-state index is 13.0. The quantitative estimate of drug-likeness (QED) is 0.784. The molecule has 2 aliphatic heterocycles. The van der Waals surface area contributed by atoms with E-state index in [1.165, 1.54) is 11.1 Å². The Balaban J connectivity index is 1.42. The topological polar surface area (TPSA) is 49.9 Å². The lowest BCUT2D eigenvalue weighted by Crippen LogP contribution is -2.49. The van der Waals surface area contributed by atoms with E-state index in [4.69, 9.17) is 4.74 Å². The van der Waals surface area contributed by atoms with Crippen molar-refractivity contribution in [3.05, 3.63) is 35.4 Å². The zero-order chi connectivity index (χ0) is 17.4. The molecule has 2 amide bonds. The number of benzene rings is 1. The highest BCUT2D eigenvalue weighted by Crippen LogP contribution is 2.37. The highest BCUT2D eigenvalue weighted by Gasteiger charge is 2.42. The van der Waals surface area contributed by atoms with Crippen LogP contribution < -0.4 is 0 Å². The van der Waals surface area contributed by atoms with Crippen molar-refractivity contribution in [2.45, 2.75) is 43.6 Å². The summed E-state index contributed by atoms with van der Waals surface area (Å²) in [5.41, 5.74) is 2.15. The van der Waals surface area contributed by atoms with Gasteiger partial charge in [-0.1, -0.05) is 24.3 Å². The lowest BCUT2D eigenvalue weighted by Gasteiger charge is -2.41. The summed E-state index contributed by atoms with van der Waals surface area (Å²) in [7, 11) is 1.83. The van der Waals surface area contributed by atoms with Gasteiger partial charge in [-0.15, -0.1) is 0 Å². The molecule has 4 rings (SSSR count).